The molecule has 0 aromatic heterocycles. The summed E-state index contributed by atoms with van der Waals surface area (Å²) in [6, 6.07) is 5.42. The van der Waals surface area contributed by atoms with Crippen molar-refractivity contribution in [2.45, 2.75) is 27.9 Å². The third-order valence-corrected chi connectivity index (χ3v) is 5.40. The zero-order chi connectivity index (χ0) is 13.4. The molecule has 0 radical (unpaired) electrons. The Morgan fingerprint density at radius 3 is 2.50 bits per heavy atom. The second-order valence-electron chi connectivity index (χ2n) is 3.56. The molecule has 1 aliphatic heterocycles. The summed E-state index contributed by atoms with van der Waals surface area (Å²) in [5.41, 5.74) is 0. The maximum Gasteiger partial charge on any atom is 0.321 e. The van der Waals surface area contributed by atoms with Crippen molar-refractivity contribution in [3.8, 4) is 5.75 Å². The number of hydrogen-bond donors (Lipinski definition) is 0. The molecule has 1 aromatic carbocycles. The lowest BCUT2D eigenvalue weighted by atomic mass is 10.3. The summed E-state index contributed by atoms with van der Waals surface area (Å²) in [6.07, 6.45) is 0. The van der Waals surface area contributed by atoms with Crippen molar-refractivity contribution in [3.05, 3.63) is 18.2 Å². The van der Waals surface area contributed by atoms with E-state index in [2.05, 4.69) is 4.29 Å². The number of benzene rings is 1. The van der Waals surface area contributed by atoms with Crippen molar-refractivity contribution in [2.75, 3.05) is 6.61 Å². The highest BCUT2D eigenvalue weighted by Crippen LogP contribution is 2.57. The van der Waals surface area contributed by atoms with Crippen LogP contribution in [0.2, 0.25) is 0 Å². The summed E-state index contributed by atoms with van der Waals surface area (Å²) in [5, 5.41) is 0. The normalized spacial score (nSPS) is 22.9. The zero-order valence-electron chi connectivity index (χ0n) is 9.67. The Morgan fingerprint density at radius 1 is 1.22 bits per heavy atom. The molecular formula is C10H11ClO5S2. The van der Waals surface area contributed by atoms with Gasteiger partial charge in [-0.3, -0.25) is 0 Å². The first-order chi connectivity index (χ1) is 8.31. The number of thioether (sulfide) groups is 2. The number of rotatable bonds is 4. The SMILES string of the molecule is CCOc1ccc2c(c1)SC(C)(O[Cl+3]([O-])([O-])[O-])S2. The Hall–Kier alpha value is -0.150. The Kier molecular flexibility index (Phi) is 4.03. The smallest absolute Gasteiger partial charge is 0.321 e. The van der Waals surface area contributed by atoms with E-state index in [9.17, 15) is 14.0 Å². The van der Waals surface area contributed by atoms with Gasteiger partial charge >= 0.3 is 4.27 Å². The highest BCUT2D eigenvalue weighted by molar-refractivity contribution is 8.20. The summed E-state index contributed by atoms with van der Waals surface area (Å²) in [5.74, 6) is 0.705. The van der Waals surface area contributed by atoms with Gasteiger partial charge in [0.2, 0.25) is 0 Å². The molecule has 1 aliphatic rings. The summed E-state index contributed by atoms with van der Waals surface area (Å²) in [7, 11) is -4.45. The maximum atomic E-state index is 10.7. The molecule has 1 aromatic rings. The topological polar surface area (TPSA) is 87.6 Å². The summed E-state index contributed by atoms with van der Waals surface area (Å²) in [6.45, 7) is 3.98. The van der Waals surface area contributed by atoms with Crippen LogP contribution in [0.5, 0.6) is 5.75 Å². The second-order valence-corrected chi connectivity index (χ2v) is 7.58. The fraction of sp³-hybridized carbons (Fsp3) is 0.400. The molecular weight excluding hydrogens is 300 g/mol. The minimum atomic E-state index is -4.45. The van der Waals surface area contributed by atoms with Crippen molar-refractivity contribution in [1.29, 1.82) is 0 Å². The fourth-order valence-electron chi connectivity index (χ4n) is 1.53. The van der Waals surface area contributed by atoms with Gasteiger partial charge in [0.25, 0.3) is 0 Å². The third-order valence-electron chi connectivity index (χ3n) is 2.05. The molecule has 0 saturated heterocycles. The molecule has 2 rings (SSSR count). The minimum absolute atomic E-state index is 0.553. The minimum Gasteiger partial charge on any atom is -0.494 e. The molecule has 0 N–H and O–H groups in total. The standard InChI is InChI=1S/C10H11ClO5S2/c1-3-15-7-4-5-8-9(6-7)18-10(2,17-8)16-11(12,13)14/h4-6H,3H2,1-2H3. The van der Waals surface area contributed by atoms with E-state index in [1.165, 1.54) is 23.5 Å². The van der Waals surface area contributed by atoms with Crippen LogP contribution in [0, 0.1) is 10.2 Å². The van der Waals surface area contributed by atoms with E-state index in [1.54, 1.807) is 19.1 Å². The first-order valence-corrected chi connectivity index (χ1v) is 7.94. The van der Waals surface area contributed by atoms with Crippen LogP contribution >= 0.6 is 23.5 Å². The second kappa shape index (κ2) is 5.09. The monoisotopic (exact) mass is 310 g/mol. The van der Waals surface area contributed by atoms with Crippen LogP contribution in [-0.4, -0.2) is 10.9 Å². The van der Waals surface area contributed by atoms with Crippen molar-refractivity contribution in [1.82, 2.24) is 0 Å². The third kappa shape index (κ3) is 3.45. The van der Waals surface area contributed by atoms with E-state index >= 15 is 0 Å². The molecule has 1 atom stereocenters. The van der Waals surface area contributed by atoms with Crippen LogP contribution in [0.15, 0.2) is 28.0 Å². The Labute approximate surface area is 115 Å². The summed E-state index contributed by atoms with van der Waals surface area (Å²) >= 11 is 2.37. The van der Waals surface area contributed by atoms with Gasteiger partial charge in [-0.15, -0.1) is 0 Å². The van der Waals surface area contributed by atoms with E-state index in [1.807, 2.05) is 13.0 Å². The van der Waals surface area contributed by atoms with Crippen LogP contribution in [0.3, 0.4) is 0 Å². The van der Waals surface area contributed by atoms with Gasteiger partial charge in [-0.1, -0.05) is 23.5 Å². The molecule has 0 aliphatic carbocycles. The van der Waals surface area contributed by atoms with E-state index in [-0.39, 0.29) is 0 Å². The van der Waals surface area contributed by atoms with Crippen LogP contribution in [0.25, 0.3) is 0 Å². The van der Waals surface area contributed by atoms with Gasteiger partial charge in [-0.25, -0.2) is 0 Å². The fourth-order valence-corrected chi connectivity index (χ4v) is 4.98. The predicted octanol–water partition coefficient (Wildman–Crippen LogP) is -0.129. The van der Waals surface area contributed by atoms with Crippen LogP contribution in [0.4, 0.5) is 0 Å². The Morgan fingerprint density at radius 2 is 1.89 bits per heavy atom. The number of hydrogen-bond acceptors (Lipinski definition) is 7. The average Bonchev–Trinajstić information content (AvgIpc) is 2.50. The lowest BCUT2D eigenvalue weighted by Crippen LogP contribution is -2.63. The van der Waals surface area contributed by atoms with Crippen molar-refractivity contribution < 1.29 is 33.2 Å². The molecule has 0 spiro atoms. The van der Waals surface area contributed by atoms with E-state index in [0.29, 0.717) is 12.4 Å². The van der Waals surface area contributed by atoms with Crippen LogP contribution in [0.1, 0.15) is 13.8 Å². The molecule has 5 nitrogen and oxygen atoms in total. The molecule has 0 bridgehead atoms. The van der Waals surface area contributed by atoms with E-state index < -0.39 is 14.5 Å². The lowest BCUT2D eigenvalue weighted by Gasteiger charge is -2.20. The van der Waals surface area contributed by atoms with Gasteiger partial charge < -0.3 is 4.74 Å². The zero-order valence-corrected chi connectivity index (χ0v) is 12.1. The molecule has 100 valence electrons. The maximum absolute atomic E-state index is 10.7. The molecule has 0 amide bonds. The molecule has 1 heterocycles. The predicted molar refractivity (Wildman–Crippen MR) is 58.8 cm³/mol. The lowest BCUT2D eigenvalue weighted by molar-refractivity contribution is -1.92. The van der Waals surface area contributed by atoms with Crippen molar-refractivity contribution >= 4 is 23.5 Å². The van der Waals surface area contributed by atoms with Crippen molar-refractivity contribution in [2.24, 2.45) is 0 Å². The number of ether oxygens (including phenoxy) is 1. The largest absolute Gasteiger partial charge is 0.494 e. The van der Waals surface area contributed by atoms with Crippen LogP contribution in [-0.2, 0) is 4.29 Å². The van der Waals surface area contributed by atoms with E-state index in [4.69, 9.17) is 4.74 Å². The van der Waals surface area contributed by atoms with Gasteiger partial charge in [0.1, 0.15) is 5.75 Å². The number of fused-ring (bicyclic) bond motifs is 1. The summed E-state index contributed by atoms with van der Waals surface area (Å²) in [4.78, 5) is 1.71. The van der Waals surface area contributed by atoms with Gasteiger partial charge in [0.05, 0.1) is 21.1 Å². The molecule has 8 heteroatoms. The van der Waals surface area contributed by atoms with Gasteiger partial charge in [0, 0.05) is 16.7 Å². The molecule has 0 saturated carbocycles. The first-order valence-electron chi connectivity index (χ1n) is 5.08. The van der Waals surface area contributed by atoms with Gasteiger partial charge in [-0.2, -0.15) is 14.0 Å². The molecule has 0 fully saturated rings. The Balaban J connectivity index is 2.16. The number of halogens is 1. The highest BCUT2D eigenvalue weighted by atomic mass is 35.7. The quantitative estimate of drug-likeness (QED) is 0.765. The molecule has 1 unspecified atom stereocenters. The summed E-state index contributed by atoms with van der Waals surface area (Å²) < 4.78 is 40.7. The van der Waals surface area contributed by atoms with Crippen LogP contribution < -0.4 is 18.7 Å². The van der Waals surface area contributed by atoms with E-state index in [0.717, 1.165) is 9.79 Å². The Bertz CT molecular complexity index is 450. The molecule has 18 heavy (non-hydrogen) atoms. The van der Waals surface area contributed by atoms with Gasteiger partial charge in [0.15, 0.2) is 0 Å². The first kappa shape index (κ1) is 14.3. The highest BCUT2D eigenvalue weighted by Gasteiger charge is 2.49. The average molecular weight is 311 g/mol. The van der Waals surface area contributed by atoms with Gasteiger partial charge in [-0.05, 0) is 25.1 Å². The van der Waals surface area contributed by atoms with Crippen molar-refractivity contribution in [3.63, 3.8) is 0 Å².